The van der Waals surface area contributed by atoms with Gasteiger partial charge in [-0.05, 0) is 19.1 Å². The van der Waals surface area contributed by atoms with Crippen LogP contribution in [-0.2, 0) is 0 Å². The molecular weight excluding hydrogens is 138 g/mol. The lowest BCUT2D eigenvalue weighted by Crippen LogP contribution is -2.04. The first-order chi connectivity index (χ1) is 5.29. The van der Waals surface area contributed by atoms with Crippen LogP contribution in [0, 0.1) is 6.92 Å². The minimum absolute atomic E-state index is 1.02. The summed E-state index contributed by atoms with van der Waals surface area (Å²) < 4.78 is 1.60. The molecule has 0 aromatic carbocycles. The summed E-state index contributed by atoms with van der Waals surface area (Å²) >= 11 is 0. The Hall–Kier alpha value is -1.51. The third-order valence-corrected chi connectivity index (χ3v) is 1.85. The summed E-state index contributed by atoms with van der Waals surface area (Å²) in [6.07, 6.45) is 3.60. The molecular formula is C8H9N3. The van der Waals surface area contributed by atoms with E-state index in [-0.39, 0.29) is 0 Å². The number of aryl methyl sites for hydroxylation is 1. The van der Waals surface area contributed by atoms with Crippen molar-refractivity contribution in [3.05, 3.63) is 30.2 Å². The Morgan fingerprint density at radius 3 is 3.00 bits per heavy atom. The van der Waals surface area contributed by atoms with Crippen LogP contribution in [0.15, 0.2) is 24.5 Å². The molecule has 0 unspecified atom stereocenters. The molecule has 0 aliphatic carbocycles. The topological polar surface area (TPSA) is 43.8 Å². The van der Waals surface area contributed by atoms with Crippen molar-refractivity contribution in [2.24, 2.45) is 0 Å². The Kier molecular flexibility index (Phi) is 1.12. The summed E-state index contributed by atoms with van der Waals surface area (Å²) in [6.45, 7) is 1.97. The molecule has 2 heterocycles. The molecule has 56 valence electrons. The molecule has 0 saturated heterocycles. The third kappa shape index (κ3) is 0.774. The number of pyridine rings is 1. The Morgan fingerprint density at radius 2 is 2.27 bits per heavy atom. The number of aromatic nitrogens is 2. The molecule has 0 radical (unpaired) electrons. The molecule has 0 bridgehead atoms. The molecule has 2 aromatic rings. The Morgan fingerprint density at radius 1 is 1.45 bits per heavy atom. The van der Waals surface area contributed by atoms with Crippen molar-refractivity contribution in [3.8, 4) is 0 Å². The van der Waals surface area contributed by atoms with Crippen molar-refractivity contribution >= 4 is 10.9 Å². The van der Waals surface area contributed by atoms with E-state index < -0.39 is 0 Å². The number of fused-ring (bicyclic) bond motifs is 1. The van der Waals surface area contributed by atoms with Crippen LogP contribution in [0.1, 0.15) is 5.69 Å². The van der Waals surface area contributed by atoms with E-state index in [2.05, 4.69) is 4.98 Å². The average Bonchev–Trinajstić information content (AvgIpc) is 2.35. The summed E-state index contributed by atoms with van der Waals surface area (Å²) in [6, 6.07) is 3.88. The smallest absolute Gasteiger partial charge is 0.0723 e. The zero-order valence-corrected chi connectivity index (χ0v) is 6.28. The Labute approximate surface area is 64.4 Å². The molecule has 2 rings (SSSR count). The van der Waals surface area contributed by atoms with Crippen molar-refractivity contribution in [1.29, 1.82) is 0 Å². The van der Waals surface area contributed by atoms with Crippen molar-refractivity contribution in [2.45, 2.75) is 6.92 Å². The molecule has 0 atom stereocenters. The van der Waals surface area contributed by atoms with Gasteiger partial charge in [0.15, 0.2) is 0 Å². The highest BCUT2D eigenvalue weighted by molar-refractivity contribution is 5.81. The molecule has 0 amide bonds. The summed E-state index contributed by atoms with van der Waals surface area (Å²) in [5.41, 5.74) is 2.05. The van der Waals surface area contributed by atoms with Crippen molar-refractivity contribution in [2.75, 3.05) is 5.84 Å². The zero-order chi connectivity index (χ0) is 7.84. The van der Waals surface area contributed by atoms with Gasteiger partial charge in [-0.25, -0.2) is 0 Å². The number of hydrogen-bond acceptors (Lipinski definition) is 2. The largest absolute Gasteiger partial charge is 0.339 e. The first-order valence-corrected chi connectivity index (χ1v) is 3.47. The van der Waals surface area contributed by atoms with Crippen LogP contribution in [0.5, 0.6) is 0 Å². The maximum atomic E-state index is 5.63. The fourth-order valence-electron chi connectivity index (χ4n) is 1.23. The highest BCUT2D eigenvalue weighted by Crippen LogP contribution is 2.14. The van der Waals surface area contributed by atoms with Gasteiger partial charge in [0, 0.05) is 23.5 Å². The quantitative estimate of drug-likeness (QED) is 0.566. The van der Waals surface area contributed by atoms with Crippen LogP contribution in [0.4, 0.5) is 0 Å². The predicted molar refractivity (Wildman–Crippen MR) is 44.6 cm³/mol. The van der Waals surface area contributed by atoms with Crippen molar-refractivity contribution < 1.29 is 0 Å². The molecule has 0 aliphatic rings. The van der Waals surface area contributed by atoms with Gasteiger partial charge in [-0.3, -0.25) is 9.66 Å². The lowest BCUT2D eigenvalue weighted by Gasteiger charge is -1.96. The van der Waals surface area contributed by atoms with Gasteiger partial charge in [-0.1, -0.05) is 0 Å². The molecule has 3 nitrogen and oxygen atoms in total. The lowest BCUT2D eigenvalue weighted by molar-refractivity contribution is 1.06. The first-order valence-electron chi connectivity index (χ1n) is 3.47. The number of hydrogen-bond donors (Lipinski definition) is 1. The van der Waals surface area contributed by atoms with E-state index in [0.717, 1.165) is 16.6 Å². The van der Waals surface area contributed by atoms with E-state index >= 15 is 0 Å². The van der Waals surface area contributed by atoms with E-state index in [1.165, 1.54) is 0 Å². The maximum Gasteiger partial charge on any atom is 0.0723 e. The SMILES string of the molecule is Cc1nccc2c1ccn2N. The monoisotopic (exact) mass is 147 g/mol. The van der Waals surface area contributed by atoms with Crippen molar-refractivity contribution in [3.63, 3.8) is 0 Å². The highest BCUT2D eigenvalue weighted by Gasteiger charge is 1.99. The molecule has 2 N–H and O–H groups in total. The summed E-state index contributed by atoms with van der Waals surface area (Å²) in [5.74, 6) is 5.63. The van der Waals surface area contributed by atoms with Gasteiger partial charge >= 0.3 is 0 Å². The predicted octanol–water partition coefficient (Wildman–Crippen LogP) is 1.06. The summed E-state index contributed by atoms with van der Waals surface area (Å²) in [4.78, 5) is 4.15. The third-order valence-electron chi connectivity index (χ3n) is 1.85. The van der Waals surface area contributed by atoms with Gasteiger partial charge < -0.3 is 5.84 Å². The summed E-state index contributed by atoms with van der Waals surface area (Å²) in [7, 11) is 0. The highest BCUT2D eigenvalue weighted by atomic mass is 15.3. The van der Waals surface area contributed by atoms with Gasteiger partial charge in [0.25, 0.3) is 0 Å². The minimum atomic E-state index is 1.02. The normalized spacial score (nSPS) is 10.6. The molecule has 0 spiro atoms. The van der Waals surface area contributed by atoms with E-state index in [9.17, 15) is 0 Å². The fraction of sp³-hybridized carbons (Fsp3) is 0.125. The van der Waals surface area contributed by atoms with Gasteiger partial charge in [0.1, 0.15) is 0 Å². The molecule has 0 fully saturated rings. The van der Waals surface area contributed by atoms with Gasteiger partial charge in [-0.2, -0.15) is 0 Å². The number of nitrogens with zero attached hydrogens (tertiary/aromatic N) is 2. The second-order valence-electron chi connectivity index (χ2n) is 2.55. The van der Waals surface area contributed by atoms with E-state index in [4.69, 9.17) is 5.84 Å². The first kappa shape index (κ1) is 6.22. The van der Waals surface area contributed by atoms with Crippen LogP contribution in [-0.4, -0.2) is 9.66 Å². The Bertz CT molecular complexity index is 389. The van der Waals surface area contributed by atoms with Crippen LogP contribution in [0.2, 0.25) is 0 Å². The van der Waals surface area contributed by atoms with Crippen molar-refractivity contribution in [1.82, 2.24) is 9.66 Å². The standard InChI is InChI=1S/C8H9N3/c1-6-7-3-5-11(9)8(7)2-4-10-6/h2-5H,9H2,1H3. The Balaban J connectivity index is 2.94. The van der Waals surface area contributed by atoms with Gasteiger partial charge in [0.2, 0.25) is 0 Å². The van der Waals surface area contributed by atoms with E-state index in [0.29, 0.717) is 0 Å². The second-order valence-corrected chi connectivity index (χ2v) is 2.55. The maximum absolute atomic E-state index is 5.63. The number of nitrogens with two attached hydrogens (primary N) is 1. The minimum Gasteiger partial charge on any atom is -0.339 e. The average molecular weight is 147 g/mol. The lowest BCUT2D eigenvalue weighted by atomic mass is 10.2. The number of rotatable bonds is 0. The number of nitrogen functional groups attached to an aromatic ring is 1. The summed E-state index contributed by atoms with van der Waals surface area (Å²) in [5, 5.41) is 1.12. The molecule has 0 saturated carbocycles. The zero-order valence-electron chi connectivity index (χ0n) is 6.28. The van der Waals surface area contributed by atoms with Gasteiger partial charge in [0.05, 0.1) is 5.52 Å². The van der Waals surface area contributed by atoms with E-state index in [1.54, 1.807) is 10.9 Å². The van der Waals surface area contributed by atoms with Crippen LogP contribution in [0.3, 0.4) is 0 Å². The molecule has 3 heteroatoms. The second kappa shape index (κ2) is 1.99. The van der Waals surface area contributed by atoms with Crippen LogP contribution >= 0.6 is 0 Å². The molecule has 0 aliphatic heterocycles. The van der Waals surface area contributed by atoms with E-state index in [1.807, 2.05) is 25.3 Å². The van der Waals surface area contributed by atoms with Gasteiger partial charge in [-0.15, -0.1) is 0 Å². The molecule has 2 aromatic heterocycles. The molecule has 11 heavy (non-hydrogen) atoms. The van der Waals surface area contributed by atoms with Crippen LogP contribution in [0.25, 0.3) is 10.9 Å². The fourth-order valence-corrected chi connectivity index (χ4v) is 1.23. The van der Waals surface area contributed by atoms with Crippen LogP contribution < -0.4 is 5.84 Å².